The Morgan fingerprint density at radius 3 is 2.55 bits per heavy atom. The summed E-state index contributed by atoms with van der Waals surface area (Å²) >= 11 is 5.90. The molecule has 0 unspecified atom stereocenters. The van der Waals surface area contributed by atoms with Gasteiger partial charge in [-0.2, -0.15) is 0 Å². The van der Waals surface area contributed by atoms with Gasteiger partial charge in [-0.1, -0.05) is 29.8 Å². The van der Waals surface area contributed by atoms with Gasteiger partial charge in [-0.05, 0) is 44.2 Å². The summed E-state index contributed by atoms with van der Waals surface area (Å²) in [6.07, 6.45) is -0.121. The molecule has 0 radical (unpaired) electrons. The molecule has 0 aliphatic carbocycles. The molecule has 1 atom stereocenters. The van der Waals surface area contributed by atoms with Crippen LogP contribution in [-0.2, 0) is 19.7 Å². The maximum absolute atomic E-state index is 14.4. The van der Waals surface area contributed by atoms with Crippen LogP contribution < -0.4 is 10.5 Å². The van der Waals surface area contributed by atoms with Gasteiger partial charge in [0, 0.05) is 17.1 Å². The molecule has 8 heteroatoms. The molecule has 6 nitrogen and oxygen atoms in total. The van der Waals surface area contributed by atoms with Gasteiger partial charge in [0.15, 0.2) is 0 Å². The lowest BCUT2D eigenvalue weighted by molar-refractivity contribution is -0.165. The molecular formula is C23H26ClFN2O4. The number of morpholine rings is 1. The highest BCUT2D eigenvalue weighted by atomic mass is 35.5. The number of benzene rings is 2. The number of rotatable bonds is 7. The summed E-state index contributed by atoms with van der Waals surface area (Å²) < 4.78 is 26.1. The Morgan fingerprint density at radius 2 is 1.90 bits per heavy atom. The molecule has 2 aromatic rings. The third-order valence-electron chi connectivity index (χ3n) is 5.43. The summed E-state index contributed by atoms with van der Waals surface area (Å²) in [7, 11) is 0. The number of carbonyl (C=O) groups excluding carboxylic acids is 2. The van der Waals surface area contributed by atoms with Crippen molar-refractivity contribution in [3.63, 3.8) is 0 Å². The second kappa shape index (κ2) is 9.24. The summed E-state index contributed by atoms with van der Waals surface area (Å²) in [4.78, 5) is 26.8. The fraction of sp³-hybridized carbons (Fsp3) is 0.391. The molecule has 1 heterocycles. The van der Waals surface area contributed by atoms with Gasteiger partial charge in [-0.3, -0.25) is 9.59 Å². The molecule has 0 bridgehead atoms. The van der Waals surface area contributed by atoms with Gasteiger partial charge in [0.05, 0.1) is 25.0 Å². The molecule has 1 saturated heterocycles. The third-order valence-corrected chi connectivity index (χ3v) is 5.68. The lowest BCUT2D eigenvalue weighted by atomic mass is 9.82. The lowest BCUT2D eigenvalue weighted by Crippen LogP contribution is -2.60. The van der Waals surface area contributed by atoms with E-state index in [-0.39, 0.29) is 32.1 Å². The summed E-state index contributed by atoms with van der Waals surface area (Å²) in [5, 5.41) is 0.570. The van der Waals surface area contributed by atoms with Crippen LogP contribution in [0, 0.1) is 5.82 Å². The van der Waals surface area contributed by atoms with Crippen molar-refractivity contribution in [1.82, 2.24) is 4.90 Å². The van der Waals surface area contributed by atoms with E-state index < -0.39 is 22.7 Å². The average Bonchev–Trinajstić information content (AvgIpc) is 2.72. The number of hydrogen-bond donors (Lipinski definition) is 1. The molecular weight excluding hydrogens is 423 g/mol. The molecule has 166 valence electrons. The minimum atomic E-state index is -1.11. The van der Waals surface area contributed by atoms with Gasteiger partial charge in [0.2, 0.25) is 11.8 Å². The zero-order chi connectivity index (χ0) is 22.6. The minimum absolute atomic E-state index is 0.0154. The second-order valence-electron chi connectivity index (χ2n) is 8.25. The number of ether oxygens (including phenoxy) is 2. The van der Waals surface area contributed by atoms with E-state index in [0.29, 0.717) is 22.9 Å². The zero-order valence-corrected chi connectivity index (χ0v) is 18.3. The summed E-state index contributed by atoms with van der Waals surface area (Å²) in [5.41, 5.74) is 3.57. The highest BCUT2D eigenvalue weighted by Gasteiger charge is 2.44. The number of halogens is 2. The van der Waals surface area contributed by atoms with Crippen LogP contribution in [0.2, 0.25) is 5.02 Å². The van der Waals surface area contributed by atoms with Crippen LogP contribution in [0.25, 0.3) is 0 Å². The van der Waals surface area contributed by atoms with E-state index in [1.54, 1.807) is 61.2 Å². The van der Waals surface area contributed by atoms with E-state index in [1.807, 2.05) is 0 Å². The van der Waals surface area contributed by atoms with Gasteiger partial charge in [-0.15, -0.1) is 0 Å². The lowest BCUT2D eigenvalue weighted by Gasteiger charge is -2.44. The smallest absolute Gasteiger partial charge is 0.232 e. The van der Waals surface area contributed by atoms with Gasteiger partial charge >= 0.3 is 0 Å². The van der Waals surface area contributed by atoms with Crippen LogP contribution in [0.1, 0.15) is 25.8 Å². The number of carbonyl (C=O) groups is 2. The summed E-state index contributed by atoms with van der Waals surface area (Å²) in [6.45, 7) is 4.00. The molecule has 2 amide bonds. The molecule has 1 aliphatic heterocycles. The van der Waals surface area contributed by atoms with Gasteiger partial charge in [0.25, 0.3) is 0 Å². The number of nitrogens with two attached hydrogens (primary N) is 1. The normalized spacial score (nSPS) is 19.2. The Kier molecular flexibility index (Phi) is 6.86. The first kappa shape index (κ1) is 23.0. The minimum Gasteiger partial charge on any atom is -0.490 e. The van der Waals surface area contributed by atoms with Crippen molar-refractivity contribution in [1.29, 1.82) is 0 Å². The van der Waals surface area contributed by atoms with Crippen molar-refractivity contribution in [3.8, 4) is 5.75 Å². The van der Waals surface area contributed by atoms with Crippen molar-refractivity contribution < 1.29 is 23.5 Å². The SMILES string of the molecule is CC(C)(C(=O)N1CCO[C@@](COc2ccc(Cl)cc2)(CC(N)=O)C1)c1ccccc1F. The highest BCUT2D eigenvalue weighted by Crippen LogP contribution is 2.31. The van der Waals surface area contributed by atoms with E-state index >= 15 is 0 Å². The predicted molar refractivity (Wildman–Crippen MR) is 115 cm³/mol. The number of primary amides is 1. The van der Waals surface area contributed by atoms with E-state index in [9.17, 15) is 14.0 Å². The number of amides is 2. The first-order valence-corrected chi connectivity index (χ1v) is 10.4. The number of hydrogen-bond acceptors (Lipinski definition) is 4. The molecule has 2 N–H and O–H groups in total. The Balaban J connectivity index is 1.81. The second-order valence-corrected chi connectivity index (χ2v) is 8.69. The molecule has 1 fully saturated rings. The molecule has 1 aliphatic rings. The van der Waals surface area contributed by atoms with Crippen LogP contribution >= 0.6 is 11.6 Å². The Bertz CT molecular complexity index is 951. The van der Waals surface area contributed by atoms with Crippen LogP contribution in [0.3, 0.4) is 0 Å². The standard InChI is InChI=1S/C23H26ClFN2O4/c1-22(2,18-5-3-4-6-19(18)25)21(29)27-11-12-31-23(14-27,13-20(26)28)15-30-17-9-7-16(24)8-10-17/h3-10H,11-15H2,1-2H3,(H2,26,28)/t23-/m0/s1. The van der Waals surface area contributed by atoms with Gasteiger partial charge in [-0.25, -0.2) is 4.39 Å². The largest absolute Gasteiger partial charge is 0.490 e. The molecule has 0 saturated carbocycles. The molecule has 0 aromatic heterocycles. The topological polar surface area (TPSA) is 81.9 Å². The molecule has 31 heavy (non-hydrogen) atoms. The maximum atomic E-state index is 14.4. The van der Waals surface area contributed by atoms with Crippen LogP contribution in [0.5, 0.6) is 5.75 Å². The van der Waals surface area contributed by atoms with Crippen molar-refractivity contribution >= 4 is 23.4 Å². The Labute approximate surface area is 186 Å². The van der Waals surface area contributed by atoms with E-state index in [4.69, 9.17) is 26.8 Å². The summed E-state index contributed by atoms with van der Waals surface area (Å²) in [6, 6.07) is 13.0. The van der Waals surface area contributed by atoms with Crippen molar-refractivity contribution in [2.75, 3.05) is 26.3 Å². The van der Waals surface area contributed by atoms with E-state index in [1.165, 1.54) is 6.07 Å². The first-order chi connectivity index (χ1) is 14.6. The van der Waals surface area contributed by atoms with E-state index in [2.05, 4.69) is 0 Å². The molecule has 2 aromatic carbocycles. The predicted octanol–water partition coefficient (Wildman–Crippen LogP) is 3.31. The van der Waals surface area contributed by atoms with Crippen LogP contribution in [0.15, 0.2) is 48.5 Å². The number of nitrogens with zero attached hydrogens (tertiary/aromatic N) is 1. The fourth-order valence-electron chi connectivity index (χ4n) is 3.81. The quantitative estimate of drug-likeness (QED) is 0.704. The Morgan fingerprint density at radius 1 is 1.23 bits per heavy atom. The zero-order valence-electron chi connectivity index (χ0n) is 17.6. The van der Waals surface area contributed by atoms with Gasteiger partial charge in [0.1, 0.15) is 23.8 Å². The van der Waals surface area contributed by atoms with Crippen LogP contribution in [-0.4, -0.2) is 48.6 Å². The van der Waals surface area contributed by atoms with Crippen molar-refractivity contribution in [2.45, 2.75) is 31.3 Å². The highest BCUT2D eigenvalue weighted by molar-refractivity contribution is 6.30. The third kappa shape index (κ3) is 5.35. The van der Waals surface area contributed by atoms with E-state index in [0.717, 1.165) is 0 Å². The summed E-state index contributed by atoms with van der Waals surface area (Å²) in [5.74, 6) is -0.723. The molecule has 0 spiro atoms. The first-order valence-electron chi connectivity index (χ1n) is 9.98. The Hall–Kier alpha value is -2.64. The monoisotopic (exact) mass is 448 g/mol. The van der Waals surface area contributed by atoms with Crippen LogP contribution in [0.4, 0.5) is 4.39 Å². The maximum Gasteiger partial charge on any atom is 0.232 e. The van der Waals surface area contributed by atoms with Crippen molar-refractivity contribution in [2.24, 2.45) is 5.73 Å². The average molecular weight is 449 g/mol. The van der Waals surface area contributed by atoms with Gasteiger partial charge < -0.3 is 20.1 Å². The fourth-order valence-corrected chi connectivity index (χ4v) is 3.93. The van der Waals surface area contributed by atoms with Crippen molar-refractivity contribution in [3.05, 3.63) is 64.9 Å². The molecule has 3 rings (SSSR count).